The summed E-state index contributed by atoms with van der Waals surface area (Å²) in [6.45, 7) is 4.37. The largest absolute Gasteiger partial charge is 0.493 e. The molecule has 0 saturated heterocycles. The van der Waals surface area contributed by atoms with Gasteiger partial charge in [-0.3, -0.25) is 0 Å². The highest BCUT2D eigenvalue weighted by Crippen LogP contribution is 2.37. The molecule has 0 saturated carbocycles. The summed E-state index contributed by atoms with van der Waals surface area (Å²) in [5.74, 6) is 1.03. The molecule has 26 heavy (non-hydrogen) atoms. The minimum atomic E-state index is -0.479. The van der Waals surface area contributed by atoms with Crippen molar-refractivity contribution in [2.45, 2.75) is 13.8 Å². The number of nitrogens with zero attached hydrogens (tertiary/aromatic N) is 1. The van der Waals surface area contributed by atoms with Gasteiger partial charge in [0.1, 0.15) is 0 Å². The third kappa shape index (κ3) is 3.65. The molecule has 0 spiro atoms. The molecule has 0 atom stereocenters. The minimum absolute atomic E-state index is 0.237. The van der Waals surface area contributed by atoms with Gasteiger partial charge in [-0.1, -0.05) is 18.2 Å². The zero-order valence-corrected chi connectivity index (χ0v) is 16.3. The van der Waals surface area contributed by atoms with Crippen LogP contribution in [0.5, 0.6) is 11.5 Å². The van der Waals surface area contributed by atoms with Gasteiger partial charge in [-0.15, -0.1) is 0 Å². The Morgan fingerprint density at radius 1 is 1.27 bits per heavy atom. The van der Waals surface area contributed by atoms with Crippen LogP contribution in [0, 0.1) is 6.92 Å². The number of carbonyl (C=O) groups is 1. The van der Waals surface area contributed by atoms with E-state index in [0.717, 1.165) is 21.2 Å². The lowest BCUT2D eigenvalue weighted by atomic mass is 10.1. The van der Waals surface area contributed by atoms with Crippen molar-refractivity contribution in [3.63, 3.8) is 0 Å². The van der Waals surface area contributed by atoms with E-state index >= 15 is 0 Å². The van der Waals surface area contributed by atoms with Gasteiger partial charge in [0.2, 0.25) is 5.90 Å². The maximum Gasteiger partial charge on any atom is 0.363 e. The number of halogens is 1. The van der Waals surface area contributed by atoms with E-state index in [1.807, 2.05) is 44.2 Å². The van der Waals surface area contributed by atoms with Gasteiger partial charge in [0.05, 0.1) is 18.2 Å². The van der Waals surface area contributed by atoms with E-state index < -0.39 is 5.97 Å². The van der Waals surface area contributed by atoms with Gasteiger partial charge in [0, 0.05) is 5.56 Å². The molecular formula is C20H18BrNO4. The third-order valence-electron chi connectivity index (χ3n) is 3.84. The van der Waals surface area contributed by atoms with Crippen molar-refractivity contribution in [2.75, 3.05) is 13.7 Å². The number of rotatable bonds is 5. The van der Waals surface area contributed by atoms with Gasteiger partial charge in [-0.2, -0.15) is 0 Å². The summed E-state index contributed by atoms with van der Waals surface area (Å²) < 4.78 is 17.0. The van der Waals surface area contributed by atoms with Crippen LogP contribution in [0.4, 0.5) is 0 Å². The van der Waals surface area contributed by atoms with E-state index in [2.05, 4.69) is 20.9 Å². The molecule has 5 nitrogen and oxygen atoms in total. The predicted octanol–water partition coefficient (Wildman–Crippen LogP) is 4.51. The molecule has 2 aromatic rings. The fourth-order valence-electron chi connectivity index (χ4n) is 2.60. The zero-order valence-electron chi connectivity index (χ0n) is 14.7. The molecule has 0 N–H and O–H groups in total. The Hall–Kier alpha value is -2.60. The van der Waals surface area contributed by atoms with Crippen molar-refractivity contribution >= 4 is 33.9 Å². The summed E-state index contributed by atoms with van der Waals surface area (Å²) in [5, 5.41) is 0. The number of ether oxygens (including phenoxy) is 3. The van der Waals surface area contributed by atoms with E-state index in [9.17, 15) is 4.79 Å². The number of esters is 1. The lowest BCUT2D eigenvalue weighted by Crippen LogP contribution is -2.06. The van der Waals surface area contributed by atoms with Crippen LogP contribution in [0.25, 0.3) is 6.08 Å². The SMILES string of the molecule is CCOc1c(Br)cc(C=C2N=C(c3ccccc3C)OC2=O)cc1OC. The first-order valence-corrected chi connectivity index (χ1v) is 8.91. The average molecular weight is 416 g/mol. The van der Waals surface area contributed by atoms with Crippen LogP contribution in [0.3, 0.4) is 0 Å². The smallest absolute Gasteiger partial charge is 0.363 e. The first kappa shape index (κ1) is 18.2. The van der Waals surface area contributed by atoms with Crippen molar-refractivity contribution in [3.8, 4) is 11.5 Å². The molecule has 0 aromatic heterocycles. The molecule has 2 aromatic carbocycles. The van der Waals surface area contributed by atoms with E-state index in [4.69, 9.17) is 14.2 Å². The van der Waals surface area contributed by atoms with E-state index in [0.29, 0.717) is 24.0 Å². The van der Waals surface area contributed by atoms with Gasteiger partial charge >= 0.3 is 5.97 Å². The van der Waals surface area contributed by atoms with Crippen molar-refractivity contribution in [1.82, 2.24) is 0 Å². The topological polar surface area (TPSA) is 57.1 Å². The molecule has 0 amide bonds. The molecule has 0 bridgehead atoms. The quantitative estimate of drug-likeness (QED) is 0.532. The monoisotopic (exact) mass is 415 g/mol. The van der Waals surface area contributed by atoms with Gasteiger partial charge in [0.15, 0.2) is 17.2 Å². The molecule has 6 heteroatoms. The number of benzene rings is 2. The summed E-state index contributed by atoms with van der Waals surface area (Å²) in [6.07, 6.45) is 1.66. The fourth-order valence-corrected chi connectivity index (χ4v) is 3.18. The molecular weight excluding hydrogens is 398 g/mol. The average Bonchev–Trinajstić information content (AvgIpc) is 2.98. The number of cyclic esters (lactones) is 1. The van der Waals surface area contributed by atoms with Crippen molar-refractivity contribution < 1.29 is 19.0 Å². The number of hydrogen-bond donors (Lipinski definition) is 0. The van der Waals surface area contributed by atoms with Crippen molar-refractivity contribution in [2.24, 2.45) is 4.99 Å². The van der Waals surface area contributed by atoms with Crippen LogP contribution in [0.15, 0.2) is 51.6 Å². The van der Waals surface area contributed by atoms with Crippen molar-refractivity contribution in [1.29, 1.82) is 0 Å². The van der Waals surface area contributed by atoms with Crippen LogP contribution >= 0.6 is 15.9 Å². The second-order valence-corrected chi connectivity index (χ2v) is 6.47. The van der Waals surface area contributed by atoms with Crippen molar-refractivity contribution in [3.05, 3.63) is 63.3 Å². The standard InChI is InChI=1S/C20H18BrNO4/c1-4-25-18-15(21)9-13(11-17(18)24-3)10-16-20(23)26-19(22-16)14-8-6-5-7-12(14)2/h5-11H,4H2,1-3H3. The minimum Gasteiger partial charge on any atom is -0.493 e. The van der Waals surface area contributed by atoms with E-state index in [1.165, 1.54) is 0 Å². The Morgan fingerprint density at radius 3 is 2.73 bits per heavy atom. The molecule has 3 rings (SSSR count). The van der Waals surface area contributed by atoms with Crippen LogP contribution in [-0.2, 0) is 9.53 Å². The first-order valence-electron chi connectivity index (χ1n) is 8.12. The second-order valence-electron chi connectivity index (χ2n) is 5.62. The van der Waals surface area contributed by atoms with Crippen LogP contribution in [0.2, 0.25) is 0 Å². The number of carbonyl (C=O) groups excluding carboxylic acids is 1. The van der Waals surface area contributed by atoms with Gasteiger partial charge in [-0.05, 0) is 65.2 Å². The van der Waals surface area contributed by atoms with E-state index in [1.54, 1.807) is 19.3 Å². The normalized spacial score (nSPS) is 15.0. The lowest BCUT2D eigenvalue weighted by molar-refractivity contribution is -0.129. The Bertz CT molecular complexity index is 918. The molecule has 134 valence electrons. The predicted molar refractivity (Wildman–Crippen MR) is 104 cm³/mol. The maximum atomic E-state index is 12.2. The number of hydrogen-bond acceptors (Lipinski definition) is 5. The molecule has 1 aliphatic rings. The molecule has 1 aliphatic heterocycles. The Balaban J connectivity index is 1.98. The molecule has 0 fully saturated rings. The van der Waals surface area contributed by atoms with E-state index in [-0.39, 0.29) is 5.70 Å². The van der Waals surface area contributed by atoms with Gasteiger partial charge in [-0.25, -0.2) is 9.79 Å². The summed E-state index contributed by atoms with van der Waals surface area (Å²) >= 11 is 3.48. The Labute approximate surface area is 160 Å². The first-order chi connectivity index (χ1) is 12.5. The maximum absolute atomic E-state index is 12.2. The van der Waals surface area contributed by atoms with Gasteiger partial charge < -0.3 is 14.2 Å². The summed E-state index contributed by atoms with van der Waals surface area (Å²) in [6, 6.07) is 11.3. The van der Waals surface area contributed by atoms with Gasteiger partial charge in [0.25, 0.3) is 0 Å². The summed E-state index contributed by atoms with van der Waals surface area (Å²) in [5.41, 5.74) is 2.78. The second kappa shape index (κ2) is 7.74. The molecule has 0 radical (unpaired) electrons. The summed E-state index contributed by atoms with van der Waals surface area (Å²) in [7, 11) is 1.57. The number of aliphatic imine (C=N–C) groups is 1. The zero-order chi connectivity index (χ0) is 18.7. The Kier molecular flexibility index (Phi) is 5.42. The highest BCUT2D eigenvalue weighted by Gasteiger charge is 2.25. The Morgan fingerprint density at radius 2 is 2.04 bits per heavy atom. The fraction of sp³-hybridized carbons (Fsp3) is 0.200. The highest BCUT2D eigenvalue weighted by molar-refractivity contribution is 9.10. The van der Waals surface area contributed by atoms with Crippen LogP contribution in [-0.4, -0.2) is 25.6 Å². The van der Waals surface area contributed by atoms with Crippen LogP contribution < -0.4 is 9.47 Å². The molecule has 1 heterocycles. The number of methoxy groups -OCH3 is 1. The number of aryl methyl sites for hydroxylation is 1. The lowest BCUT2D eigenvalue weighted by Gasteiger charge is -2.12. The summed E-state index contributed by atoms with van der Waals surface area (Å²) in [4.78, 5) is 16.6. The highest BCUT2D eigenvalue weighted by atomic mass is 79.9. The third-order valence-corrected chi connectivity index (χ3v) is 4.43. The molecule has 0 unspecified atom stereocenters. The van der Waals surface area contributed by atoms with Crippen LogP contribution in [0.1, 0.15) is 23.6 Å². The molecule has 0 aliphatic carbocycles.